The molecule has 0 aromatic heterocycles. The second kappa shape index (κ2) is 19.4. The van der Waals surface area contributed by atoms with E-state index < -0.39 is 37.9 Å². The SMILES string of the molecule is O=C([O-])CF.O=C([O-])CF.O=C([O-])CF.[Rh+3]. The van der Waals surface area contributed by atoms with E-state index in [1.807, 2.05) is 0 Å². The number of aliphatic carboxylic acids is 3. The molecule has 0 N–H and O–H groups in total. The van der Waals surface area contributed by atoms with Crippen molar-refractivity contribution in [2.45, 2.75) is 0 Å². The van der Waals surface area contributed by atoms with Gasteiger partial charge in [-0.25, -0.2) is 13.2 Å². The normalized spacial score (nSPS) is 6.94. The zero-order chi connectivity index (χ0) is 12.9. The fourth-order valence-electron chi connectivity index (χ4n) is 0. The van der Waals surface area contributed by atoms with Crippen molar-refractivity contribution >= 4 is 17.9 Å². The van der Waals surface area contributed by atoms with Gasteiger partial charge in [-0.3, -0.25) is 0 Å². The molecule has 6 nitrogen and oxygen atoms in total. The number of alkyl halides is 3. The number of carbonyl (C=O) groups excluding carboxylic acids is 3. The Morgan fingerprint density at radius 3 is 0.750 bits per heavy atom. The average molecular weight is 334 g/mol. The summed E-state index contributed by atoms with van der Waals surface area (Å²) in [7, 11) is 0. The first-order valence-corrected chi connectivity index (χ1v) is 3.09. The number of carboxylic acids is 3. The maximum Gasteiger partial charge on any atom is 3.00 e. The van der Waals surface area contributed by atoms with Crippen LogP contribution in [0, 0.1) is 0 Å². The van der Waals surface area contributed by atoms with Crippen molar-refractivity contribution in [3.05, 3.63) is 0 Å². The number of rotatable bonds is 3. The Morgan fingerprint density at radius 1 is 0.688 bits per heavy atom. The molecule has 0 aliphatic rings. The maximum absolute atomic E-state index is 10.5. The predicted octanol–water partition coefficient (Wildman–Crippen LogP) is -3.89. The van der Waals surface area contributed by atoms with Crippen LogP contribution in [0.2, 0.25) is 0 Å². The Kier molecular flexibility index (Phi) is 29.3. The van der Waals surface area contributed by atoms with Gasteiger partial charge in [-0.1, -0.05) is 0 Å². The van der Waals surface area contributed by atoms with Crippen molar-refractivity contribution in [2.75, 3.05) is 20.0 Å². The van der Waals surface area contributed by atoms with E-state index >= 15 is 0 Å². The quantitative estimate of drug-likeness (QED) is 0.487. The summed E-state index contributed by atoms with van der Waals surface area (Å²) in [6, 6.07) is 0. The van der Waals surface area contributed by atoms with Crippen LogP contribution in [0.5, 0.6) is 0 Å². The van der Waals surface area contributed by atoms with Crippen molar-refractivity contribution in [3.8, 4) is 0 Å². The van der Waals surface area contributed by atoms with Gasteiger partial charge in [0.05, 0.1) is 17.9 Å². The number of hydrogen-bond acceptors (Lipinski definition) is 6. The molecule has 0 fully saturated rings. The monoisotopic (exact) mass is 334 g/mol. The van der Waals surface area contributed by atoms with Crippen LogP contribution in [0.4, 0.5) is 13.2 Å². The van der Waals surface area contributed by atoms with Crippen LogP contribution in [0.15, 0.2) is 0 Å². The molecule has 0 atom stereocenters. The van der Waals surface area contributed by atoms with Gasteiger partial charge in [-0.05, 0) is 0 Å². The molecule has 0 aromatic rings. The Balaban J connectivity index is -0.0000000655. The predicted molar refractivity (Wildman–Crippen MR) is 32.9 cm³/mol. The molecular formula is C6H6F3O6Rh. The standard InChI is InChI=1S/3C2H3FO2.Rh/c3*3-1-2(4)5;/h3*1H2,(H,4,5);/q;;;+3/p-3. The Bertz CT molecular complexity index is 167. The van der Waals surface area contributed by atoms with Crippen molar-refractivity contribution in [1.29, 1.82) is 0 Å². The molecule has 16 heavy (non-hydrogen) atoms. The molecule has 0 rings (SSSR count). The first kappa shape index (κ1) is 24.2. The zero-order valence-corrected chi connectivity index (χ0v) is 9.18. The third kappa shape index (κ3) is 77.1. The van der Waals surface area contributed by atoms with E-state index in [0.29, 0.717) is 0 Å². The molecular weight excluding hydrogens is 328 g/mol. The van der Waals surface area contributed by atoms with Gasteiger partial charge >= 0.3 is 19.5 Å². The van der Waals surface area contributed by atoms with Crippen LogP contribution in [-0.2, 0) is 33.9 Å². The first-order chi connectivity index (χ1) is 6.81. The van der Waals surface area contributed by atoms with E-state index in [0.717, 1.165) is 0 Å². The van der Waals surface area contributed by atoms with Crippen LogP contribution in [-0.4, -0.2) is 37.9 Å². The third-order valence-corrected chi connectivity index (χ3v) is 0.327. The van der Waals surface area contributed by atoms with Gasteiger partial charge in [0, 0.05) is 0 Å². The molecule has 0 saturated heterocycles. The number of carbonyl (C=O) groups is 3. The van der Waals surface area contributed by atoms with Crippen LogP contribution in [0.1, 0.15) is 0 Å². The summed E-state index contributed by atoms with van der Waals surface area (Å²) >= 11 is 0. The number of carboxylic acid groups (broad SMARTS) is 3. The Hall–Kier alpha value is -1.18. The summed E-state index contributed by atoms with van der Waals surface area (Å²) in [6.45, 7) is -4.17. The fraction of sp³-hybridized carbons (Fsp3) is 0.500. The summed E-state index contributed by atoms with van der Waals surface area (Å²) in [5, 5.41) is 26.6. The molecule has 0 saturated carbocycles. The minimum atomic E-state index is -1.66. The molecule has 0 unspecified atom stereocenters. The maximum atomic E-state index is 10.5. The Morgan fingerprint density at radius 2 is 0.750 bits per heavy atom. The summed E-state index contributed by atoms with van der Waals surface area (Å²) in [5.74, 6) is -4.99. The smallest absolute Gasteiger partial charge is 0.547 e. The van der Waals surface area contributed by atoms with Crippen LogP contribution in [0.3, 0.4) is 0 Å². The molecule has 0 aliphatic carbocycles. The van der Waals surface area contributed by atoms with Crippen molar-refractivity contribution in [3.63, 3.8) is 0 Å². The topological polar surface area (TPSA) is 120 Å². The van der Waals surface area contributed by atoms with Crippen molar-refractivity contribution < 1.29 is 62.4 Å². The molecule has 0 bridgehead atoms. The Labute approximate surface area is 101 Å². The summed E-state index contributed by atoms with van der Waals surface area (Å²) < 4.78 is 31.4. The minimum absolute atomic E-state index is 0. The van der Waals surface area contributed by atoms with Crippen LogP contribution < -0.4 is 15.3 Å². The van der Waals surface area contributed by atoms with E-state index in [-0.39, 0.29) is 19.5 Å². The summed E-state index contributed by atoms with van der Waals surface area (Å²) in [4.78, 5) is 26.6. The van der Waals surface area contributed by atoms with E-state index in [1.165, 1.54) is 0 Å². The molecule has 0 amide bonds. The summed E-state index contributed by atoms with van der Waals surface area (Å²) in [5.41, 5.74) is 0. The average Bonchev–Trinajstić information content (AvgIpc) is 2.19. The second-order valence-electron chi connectivity index (χ2n) is 1.52. The largest absolute Gasteiger partial charge is 3.00 e. The molecule has 0 radical (unpaired) electrons. The van der Waals surface area contributed by atoms with E-state index in [2.05, 4.69) is 0 Å². The molecule has 96 valence electrons. The molecule has 0 heterocycles. The number of halogens is 3. The van der Waals surface area contributed by atoms with Gasteiger partial charge < -0.3 is 29.7 Å². The van der Waals surface area contributed by atoms with Gasteiger partial charge in [0.15, 0.2) is 0 Å². The van der Waals surface area contributed by atoms with Gasteiger partial charge in [-0.15, -0.1) is 0 Å². The molecule has 10 heteroatoms. The van der Waals surface area contributed by atoms with Gasteiger partial charge in [-0.2, -0.15) is 0 Å². The van der Waals surface area contributed by atoms with Crippen molar-refractivity contribution in [2.24, 2.45) is 0 Å². The summed E-state index contributed by atoms with van der Waals surface area (Å²) in [6.07, 6.45) is 0. The van der Waals surface area contributed by atoms with E-state index in [4.69, 9.17) is 29.7 Å². The van der Waals surface area contributed by atoms with E-state index in [9.17, 15) is 13.2 Å². The van der Waals surface area contributed by atoms with Crippen LogP contribution in [0.25, 0.3) is 0 Å². The molecule has 0 aromatic carbocycles. The molecule has 0 aliphatic heterocycles. The van der Waals surface area contributed by atoms with Gasteiger partial charge in [0.1, 0.15) is 20.0 Å². The zero-order valence-electron chi connectivity index (χ0n) is 7.54. The van der Waals surface area contributed by atoms with E-state index in [1.54, 1.807) is 0 Å². The molecule has 0 spiro atoms. The van der Waals surface area contributed by atoms with Crippen LogP contribution >= 0.6 is 0 Å². The van der Waals surface area contributed by atoms with Gasteiger partial charge in [0.2, 0.25) is 0 Å². The van der Waals surface area contributed by atoms with Crippen molar-refractivity contribution in [1.82, 2.24) is 0 Å². The number of hydrogen-bond donors (Lipinski definition) is 0. The fourth-order valence-corrected chi connectivity index (χ4v) is 0. The van der Waals surface area contributed by atoms with Gasteiger partial charge in [0.25, 0.3) is 0 Å². The first-order valence-electron chi connectivity index (χ1n) is 3.09. The second-order valence-corrected chi connectivity index (χ2v) is 1.52. The third-order valence-electron chi connectivity index (χ3n) is 0.327. The minimum Gasteiger partial charge on any atom is -0.547 e.